The van der Waals surface area contributed by atoms with Gasteiger partial charge < -0.3 is 10.6 Å². The number of halogens is 1. The molecule has 0 saturated heterocycles. The predicted molar refractivity (Wildman–Crippen MR) is 92.2 cm³/mol. The Labute approximate surface area is 147 Å². The van der Waals surface area contributed by atoms with Gasteiger partial charge in [-0.05, 0) is 74.0 Å². The lowest BCUT2D eigenvalue weighted by atomic mass is 9.53. The van der Waals surface area contributed by atoms with Gasteiger partial charge in [-0.1, -0.05) is 12.1 Å². The Balaban J connectivity index is 1.27. The standard InChI is InChI=1S/C20H25FN2O2/c21-17-3-1-2-13(7-17)8-18(24)22-12-19(25)23-20-9-14-4-15(10-20)6-16(5-14)11-20/h1-3,7,14-16H,4-6,8-12H2,(H,22,24)(H,23,25). The van der Waals surface area contributed by atoms with Crippen molar-refractivity contribution in [2.45, 2.75) is 50.5 Å². The monoisotopic (exact) mass is 344 g/mol. The summed E-state index contributed by atoms with van der Waals surface area (Å²) in [6.45, 7) is -0.00407. The quantitative estimate of drug-likeness (QED) is 0.862. The first-order valence-corrected chi connectivity index (χ1v) is 9.32. The highest BCUT2D eigenvalue weighted by Gasteiger charge is 2.51. The molecule has 0 atom stereocenters. The van der Waals surface area contributed by atoms with Gasteiger partial charge in [0.25, 0.3) is 0 Å². The van der Waals surface area contributed by atoms with Crippen molar-refractivity contribution in [1.82, 2.24) is 10.6 Å². The third-order valence-electron chi connectivity index (χ3n) is 6.14. The van der Waals surface area contributed by atoms with Crippen LogP contribution < -0.4 is 10.6 Å². The number of hydrogen-bond donors (Lipinski definition) is 2. The number of amides is 2. The van der Waals surface area contributed by atoms with E-state index in [4.69, 9.17) is 0 Å². The van der Waals surface area contributed by atoms with Gasteiger partial charge in [-0.25, -0.2) is 4.39 Å². The van der Waals surface area contributed by atoms with Gasteiger partial charge >= 0.3 is 0 Å². The molecule has 4 nitrogen and oxygen atoms in total. The van der Waals surface area contributed by atoms with Gasteiger partial charge in [-0.3, -0.25) is 9.59 Å². The van der Waals surface area contributed by atoms with Crippen LogP contribution in [0, 0.1) is 23.6 Å². The predicted octanol–water partition coefficient (Wildman–Crippen LogP) is 2.57. The molecule has 0 radical (unpaired) electrons. The van der Waals surface area contributed by atoms with Crippen LogP contribution in [-0.2, 0) is 16.0 Å². The maximum Gasteiger partial charge on any atom is 0.239 e. The molecule has 4 bridgehead atoms. The van der Waals surface area contributed by atoms with E-state index in [0.29, 0.717) is 5.56 Å². The van der Waals surface area contributed by atoms with Gasteiger partial charge in [0.15, 0.2) is 0 Å². The van der Waals surface area contributed by atoms with Crippen molar-refractivity contribution in [2.75, 3.05) is 6.54 Å². The Morgan fingerprint density at radius 1 is 1.04 bits per heavy atom. The summed E-state index contributed by atoms with van der Waals surface area (Å²) in [6, 6.07) is 5.98. The summed E-state index contributed by atoms with van der Waals surface area (Å²) in [5.74, 6) is 1.60. The molecular formula is C20H25FN2O2. The van der Waals surface area contributed by atoms with E-state index in [0.717, 1.165) is 37.0 Å². The molecule has 4 saturated carbocycles. The zero-order chi connectivity index (χ0) is 17.4. The van der Waals surface area contributed by atoms with Crippen molar-refractivity contribution >= 4 is 11.8 Å². The average Bonchev–Trinajstić information content (AvgIpc) is 2.51. The summed E-state index contributed by atoms with van der Waals surface area (Å²) in [6.07, 6.45) is 7.38. The van der Waals surface area contributed by atoms with Crippen LogP contribution in [0.25, 0.3) is 0 Å². The SMILES string of the molecule is O=C(Cc1cccc(F)c1)NCC(=O)NC12CC3CC(CC(C3)C1)C2. The minimum atomic E-state index is -0.357. The van der Waals surface area contributed by atoms with Crippen molar-refractivity contribution in [1.29, 1.82) is 0 Å². The highest BCUT2D eigenvalue weighted by Crippen LogP contribution is 2.55. The molecule has 134 valence electrons. The number of benzene rings is 1. The molecule has 5 heteroatoms. The van der Waals surface area contributed by atoms with E-state index >= 15 is 0 Å². The van der Waals surface area contributed by atoms with E-state index in [1.54, 1.807) is 12.1 Å². The number of hydrogen-bond acceptors (Lipinski definition) is 2. The second-order valence-electron chi connectivity index (χ2n) is 8.33. The molecule has 0 heterocycles. The maximum absolute atomic E-state index is 13.1. The van der Waals surface area contributed by atoms with Crippen molar-refractivity contribution < 1.29 is 14.0 Å². The molecule has 0 spiro atoms. The molecule has 2 N–H and O–H groups in total. The summed E-state index contributed by atoms with van der Waals surface area (Å²) < 4.78 is 13.1. The van der Waals surface area contributed by atoms with E-state index in [2.05, 4.69) is 10.6 Å². The lowest BCUT2D eigenvalue weighted by Gasteiger charge is -2.56. The summed E-state index contributed by atoms with van der Waals surface area (Å²) in [7, 11) is 0. The molecule has 0 aliphatic heterocycles. The molecule has 5 rings (SSSR count). The second kappa shape index (κ2) is 6.43. The number of nitrogens with one attached hydrogen (secondary N) is 2. The molecule has 4 aliphatic carbocycles. The minimum absolute atomic E-state index is 0.00407. The fourth-order valence-electron chi connectivity index (χ4n) is 5.68. The van der Waals surface area contributed by atoms with E-state index in [9.17, 15) is 14.0 Å². The summed E-state index contributed by atoms with van der Waals surface area (Å²) in [4.78, 5) is 24.3. The van der Waals surface area contributed by atoms with Gasteiger partial charge in [0.2, 0.25) is 11.8 Å². The Morgan fingerprint density at radius 3 is 2.28 bits per heavy atom. The van der Waals surface area contributed by atoms with Crippen molar-refractivity contribution in [3.05, 3.63) is 35.6 Å². The van der Waals surface area contributed by atoms with Crippen molar-refractivity contribution in [2.24, 2.45) is 17.8 Å². The van der Waals surface area contributed by atoms with Crippen LogP contribution in [0.5, 0.6) is 0 Å². The molecule has 0 unspecified atom stereocenters. The van der Waals surface area contributed by atoms with Crippen LogP contribution >= 0.6 is 0 Å². The van der Waals surface area contributed by atoms with E-state index in [1.807, 2.05) is 0 Å². The Bertz CT molecular complexity index is 653. The Kier molecular flexibility index (Phi) is 4.26. The van der Waals surface area contributed by atoms with Crippen LogP contribution in [0.2, 0.25) is 0 Å². The Morgan fingerprint density at radius 2 is 1.68 bits per heavy atom. The second-order valence-corrected chi connectivity index (χ2v) is 8.33. The van der Waals surface area contributed by atoms with Gasteiger partial charge in [-0.15, -0.1) is 0 Å². The van der Waals surface area contributed by atoms with Gasteiger partial charge in [0, 0.05) is 5.54 Å². The van der Waals surface area contributed by atoms with E-state index < -0.39 is 0 Å². The third-order valence-corrected chi connectivity index (χ3v) is 6.14. The fraction of sp³-hybridized carbons (Fsp3) is 0.600. The van der Waals surface area contributed by atoms with Crippen LogP contribution in [-0.4, -0.2) is 23.9 Å². The van der Waals surface area contributed by atoms with Gasteiger partial charge in [0.1, 0.15) is 5.82 Å². The zero-order valence-corrected chi connectivity index (χ0v) is 14.4. The third kappa shape index (κ3) is 3.70. The molecule has 0 aromatic heterocycles. The highest BCUT2D eigenvalue weighted by atomic mass is 19.1. The average molecular weight is 344 g/mol. The maximum atomic E-state index is 13.1. The van der Waals surface area contributed by atoms with Crippen molar-refractivity contribution in [3.63, 3.8) is 0 Å². The van der Waals surface area contributed by atoms with Crippen LogP contribution in [0.4, 0.5) is 4.39 Å². The summed E-state index contributed by atoms with van der Waals surface area (Å²) in [5.41, 5.74) is 0.582. The first kappa shape index (κ1) is 16.6. The molecule has 1 aromatic rings. The number of rotatable bonds is 5. The van der Waals surface area contributed by atoms with Gasteiger partial charge in [-0.2, -0.15) is 0 Å². The van der Waals surface area contributed by atoms with Crippen LogP contribution in [0.1, 0.15) is 44.1 Å². The topological polar surface area (TPSA) is 58.2 Å². The van der Waals surface area contributed by atoms with Crippen molar-refractivity contribution in [3.8, 4) is 0 Å². The number of carbonyl (C=O) groups excluding carboxylic acids is 2. The summed E-state index contributed by atoms with van der Waals surface area (Å²) in [5, 5.41) is 5.90. The van der Waals surface area contributed by atoms with Crippen LogP contribution in [0.3, 0.4) is 0 Å². The first-order valence-electron chi connectivity index (χ1n) is 9.32. The van der Waals surface area contributed by atoms with Crippen LogP contribution in [0.15, 0.2) is 24.3 Å². The lowest BCUT2D eigenvalue weighted by molar-refractivity contribution is -0.129. The van der Waals surface area contributed by atoms with E-state index in [1.165, 1.54) is 31.4 Å². The smallest absolute Gasteiger partial charge is 0.239 e. The zero-order valence-electron chi connectivity index (χ0n) is 14.4. The first-order chi connectivity index (χ1) is 12.0. The number of carbonyl (C=O) groups is 2. The Hall–Kier alpha value is -1.91. The lowest BCUT2D eigenvalue weighted by Crippen LogP contribution is -2.61. The molecule has 4 fully saturated rings. The molecule has 25 heavy (non-hydrogen) atoms. The fourth-order valence-corrected chi connectivity index (χ4v) is 5.68. The largest absolute Gasteiger partial charge is 0.349 e. The molecule has 1 aromatic carbocycles. The summed E-state index contributed by atoms with van der Waals surface area (Å²) >= 11 is 0. The molecule has 4 aliphatic rings. The van der Waals surface area contributed by atoms with E-state index in [-0.39, 0.29) is 36.1 Å². The normalized spacial score (nSPS) is 32.4. The highest BCUT2D eigenvalue weighted by molar-refractivity contribution is 5.86. The molecule has 2 amide bonds. The molecular weight excluding hydrogens is 319 g/mol. The van der Waals surface area contributed by atoms with Gasteiger partial charge in [0.05, 0.1) is 13.0 Å². The minimum Gasteiger partial charge on any atom is -0.349 e.